The van der Waals surface area contributed by atoms with E-state index in [0.29, 0.717) is 12.2 Å². The number of nitrogens with zero attached hydrogens (tertiary/aromatic N) is 1. The molecule has 0 aliphatic rings. The Bertz CT molecular complexity index is 476. The summed E-state index contributed by atoms with van der Waals surface area (Å²) in [6.07, 6.45) is 1.64. The van der Waals surface area contributed by atoms with Crippen molar-refractivity contribution >= 4 is 17.3 Å². The molecule has 0 aliphatic heterocycles. The monoisotopic (exact) mass is 284 g/mol. The van der Waals surface area contributed by atoms with Gasteiger partial charge < -0.3 is 20.8 Å². The van der Waals surface area contributed by atoms with Gasteiger partial charge in [0.1, 0.15) is 5.82 Å². The van der Waals surface area contributed by atoms with E-state index in [4.69, 9.17) is 10.8 Å². The summed E-state index contributed by atoms with van der Waals surface area (Å²) in [6, 6.07) is 2.37. The highest BCUT2D eigenvalue weighted by Gasteiger charge is 2.21. The number of carbonyl (C=O) groups is 1. The quantitative estimate of drug-likeness (QED) is 0.667. The van der Waals surface area contributed by atoms with Gasteiger partial charge in [-0.15, -0.1) is 0 Å². The number of hydrogen-bond acceptors (Lipinski definition) is 4. The molecule has 5 nitrogen and oxygen atoms in total. The van der Waals surface area contributed by atoms with Gasteiger partial charge in [-0.2, -0.15) is 0 Å². The molecule has 0 spiro atoms. The van der Waals surface area contributed by atoms with Crippen LogP contribution in [0.3, 0.4) is 0 Å². The minimum atomic E-state index is -1.35. The topological polar surface area (TPSA) is 86.8 Å². The normalized spacial score (nSPS) is 10.8. The number of aliphatic hydroxyl groups excluding tert-OH is 1. The molecule has 0 atom stereocenters. The minimum Gasteiger partial charge on any atom is -0.478 e. The second-order valence-corrected chi connectivity index (χ2v) is 4.58. The molecular weight excluding hydrogens is 263 g/mol. The largest absolute Gasteiger partial charge is 0.478 e. The van der Waals surface area contributed by atoms with Crippen molar-refractivity contribution in [1.29, 1.82) is 0 Å². The van der Waals surface area contributed by atoms with Crippen molar-refractivity contribution in [3.63, 3.8) is 0 Å². The van der Waals surface area contributed by atoms with Gasteiger partial charge in [0.05, 0.1) is 23.5 Å². The summed E-state index contributed by atoms with van der Waals surface area (Å²) >= 11 is 0. The number of benzene rings is 1. The Hall–Kier alpha value is -1.82. The second-order valence-electron chi connectivity index (χ2n) is 4.58. The zero-order chi connectivity index (χ0) is 15.3. The van der Waals surface area contributed by atoms with Crippen LogP contribution in [-0.4, -0.2) is 35.4 Å². The van der Waals surface area contributed by atoms with Crippen molar-refractivity contribution in [1.82, 2.24) is 0 Å². The van der Waals surface area contributed by atoms with E-state index in [-0.39, 0.29) is 18.3 Å². The van der Waals surface area contributed by atoms with Crippen molar-refractivity contribution < 1.29 is 19.4 Å². The molecule has 0 unspecified atom stereocenters. The predicted molar refractivity (Wildman–Crippen MR) is 76.6 cm³/mol. The van der Waals surface area contributed by atoms with Crippen LogP contribution in [-0.2, 0) is 0 Å². The Morgan fingerprint density at radius 2 is 2.00 bits per heavy atom. The van der Waals surface area contributed by atoms with Crippen LogP contribution in [0.1, 0.15) is 37.0 Å². The number of nitrogen functional groups attached to an aromatic ring is 1. The average molecular weight is 284 g/mol. The summed E-state index contributed by atoms with van der Waals surface area (Å²) in [4.78, 5) is 12.7. The van der Waals surface area contributed by atoms with E-state index in [0.717, 1.165) is 25.0 Å². The Morgan fingerprint density at radius 1 is 1.40 bits per heavy atom. The van der Waals surface area contributed by atoms with Gasteiger partial charge >= 0.3 is 5.97 Å². The minimum absolute atomic E-state index is 0.0851. The van der Waals surface area contributed by atoms with Crippen LogP contribution >= 0.6 is 0 Å². The van der Waals surface area contributed by atoms with E-state index in [1.54, 1.807) is 0 Å². The fraction of sp³-hybridized carbons (Fsp3) is 0.500. The van der Waals surface area contributed by atoms with Crippen LogP contribution in [0, 0.1) is 5.82 Å². The van der Waals surface area contributed by atoms with Crippen molar-refractivity contribution in [2.75, 3.05) is 23.8 Å². The molecule has 1 aromatic rings. The first-order valence-corrected chi connectivity index (χ1v) is 6.66. The van der Waals surface area contributed by atoms with E-state index in [1.807, 2.05) is 18.7 Å². The lowest BCUT2D eigenvalue weighted by atomic mass is 10.1. The Labute approximate surface area is 117 Å². The van der Waals surface area contributed by atoms with Gasteiger partial charge in [0, 0.05) is 18.7 Å². The predicted octanol–water partition coefficient (Wildman–Crippen LogP) is 2.09. The van der Waals surface area contributed by atoms with Gasteiger partial charge in [0.25, 0.3) is 0 Å². The Kier molecular flexibility index (Phi) is 5.76. The molecule has 0 heterocycles. The van der Waals surface area contributed by atoms with Crippen LogP contribution in [0.15, 0.2) is 12.1 Å². The molecule has 0 aromatic heterocycles. The lowest BCUT2D eigenvalue weighted by Crippen LogP contribution is -2.37. The lowest BCUT2D eigenvalue weighted by molar-refractivity contribution is 0.0692. The molecule has 1 aromatic carbocycles. The smallest absolute Gasteiger partial charge is 0.338 e. The van der Waals surface area contributed by atoms with Crippen LogP contribution in [0.25, 0.3) is 0 Å². The van der Waals surface area contributed by atoms with E-state index < -0.39 is 17.3 Å². The standard InChI is InChI=1S/C14H21FN2O3/c1-3-9(4-2)17(5-6-18)13-8-11(15)10(14(19)20)7-12(13)16/h7-9,18H,3-6,16H2,1-2H3,(H,19,20). The molecule has 0 radical (unpaired) electrons. The van der Waals surface area contributed by atoms with E-state index in [9.17, 15) is 14.3 Å². The highest BCUT2D eigenvalue weighted by molar-refractivity contribution is 5.91. The van der Waals surface area contributed by atoms with E-state index in [1.165, 1.54) is 0 Å². The zero-order valence-electron chi connectivity index (χ0n) is 11.8. The molecular formula is C14H21FN2O3. The van der Waals surface area contributed by atoms with Gasteiger partial charge in [-0.3, -0.25) is 0 Å². The Morgan fingerprint density at radius 3 is 2.45 bits per heavy atom. The maximum Gasteiger partial charge on any atom is 0.338 e. The highest BCUT2D eigenvalue weighted by Crippen LogP contribution is 2.29. The molecule has 0 aliphatic carbocycles. The summed E-state index contributed by atoms with van der Waals surface area (Å²) in [7, 11) is 0. The number of carboxylic acid groups (broad SMARTS) is 1. The molecule has 6 heteroatoms. The van der Waals surface area contributed by atoms with Crippen LogP contribution < -0.4 is 10.6 Å². The Balaban J connectivity index is 3.27. The summed E-state index contributed by atoms with van der Waals surface area (Å²) in [5, 5.41) is 18.0. The molecule has 1 rings (SSSR count). The number of aromatic carboxylic acids is 1. The van der Waals surface area contributed by atoms with Gasteiger partial charge in [-0.25, -0.2) is 9.18 Å². The van der Waals surface area contributed by atoms with E-state index >= 15 is 0 Å². The second kappa shape index (κ2) is 7.09. The molecule has 0 bridgehead atoms. The third-order valence-electron chi connectivity index (χ3n) is 3.38. The van der Waals surface area contributed by atoms with Crippen LogP contribution in [0.5, 0.6) is 0 Å². The van der Waals surface area contributed by atoms with Gasteiger partial charge in [-0.05, 0) is 18.9 Å². The van der Waals surface area contributed by atoms with Crippen LogP contribution in [0.2, 0.25) is 0 Å². The first kappa shape index (κ1) is 16.2. The maximum absolute atomic E-state index is 13.8. The molecule has 0 saturated heterocycles. The number of anilines is 2. The van der Waals surface area contributed by atoms with Crippen LogP contribution in [0.4, 0.5) is 15.8 Å². The fourth-order valence-corrected chi connectivity index (χ4v) is 2.33. The maximum atomic E-state index is 13.8. The first-order chi connectivity index (χ1) is 9.46. The summed E-state index contributed by atoms with van der Waals surface area (Å²) < 4.78 is 13.8. The highest BCUT2D eigenvalue weighted by atomic mass is 19.1. The molecule has 0 amide bonds. The molecule has 20 heavy (non-hydrogen) atoms. The van der Waals surface area contributed by atoms with Gasteiger partial charge in [-0.1, -0.05) is 13.8 Å². The number of hydrogen-bond donors (Lipinski definition) is 3. The van der Waals surface area contributed by atoms with Gasteiger partial charge in [0.15, 0.2) is 0 Å². The SMILES string of the molecule is CCC(CC)N(CCO)c1cc(F)c(C(=O)O)cc1N. The third kappa shape index (κ3) is 3.39. The van der Waals surface area contributed by atoms with Crippen molar-refractivity contribution in [3.05, 3.63) is 23.5 Å². The molecule has 0 fully saturated rings. The summed E-state index contributed by atoms with van der Waals surface area (Å²) in [6.45, 7) is 4.23. The number of carboxylic acids is 1. The number of halogens is 1. The average Bonchev–Trinajstić information content (AvgIpc) is 2.41. The third-order valence-corrected chi connectivity index (χ3v) is 3.38. The molecule has 112 valence electrons. The molecule has 0 saturated carbocycles. The van der Waals surface area contributed by atoms with Crippen molar-refractivity contribution in [2.24, 2.45) is 0 Å². The summed E-state index contributed by atoms with van der Waals surface area (Å²) in [5.41, 5.74) is 6.03. The number of nitrogens with two attached hydrogens (primary N) is 1. The fourth-order valence-electron chi connectivity index (χ4n) is 2.33. The zero-order valence-corrected chi connectivity index (χ0v) is 11.8. The number of rotatable bonds is 7. The molecule has 4 N–H and O–H groups in total. The van der Waals surface area contributed by atoms with E-state index in [2.05, 4.69) is 0 Å². The van der Waals surface area contributed by atoms with Crippen molar-refractivity contribution in [3.8, 4) is 0 Å². The summed E-state index contributed by atoms with van der Waals surface area (Å²) in [5.74, 6) is -2.17. The lowest BCUT2D eigenvalue weighted by Gasteiger charge is -2.33. The number of aliphatic hydroxyl groups is 1. The first-order valence-electron chi connectivity index (χ1n) is 6.66. The van der Waals surface area contributed by atoms with Gasteiger partial charge in [0.2, 0.25) is 0 Å². The van der Waals surface area contributed by atoms with Crippen molar-refractivity contribution in [2.45, 2.75) is 32.7 Å².